The first-order valence-electron chi connectivity index (χ1n) is 8.82. The molecule has 1 fully saturated rings. The third kappa shape index (κ3) is 2.83. The minimum atomic E-state index is -0.0392. The Morgan fingerprint density at radius 1 is 1.08 bits per heavy atom. The Kier molecular flexibility index (Phi) is 4.06. The molecule has 1 aliphatic rings. The van der Waals surface area contributed by atoms with E-state index in [0.717, 1.165) is 24.2 Å². The molecule has 128 valence electrons. The molecule has 4 heteroatoms. The predicted molar refractivity (Wildman–Crippen MR) is 98.0 cm³/mol. The average Bonchev–Trinajstić information content (AvgIpc) is 3.12. The van der Waals surface area contributed by atoms with Crippen LogP contribution in [0.3, 0.4) is 0 Å². The van der Waals surface area contributed by atoms with E-state index in [-0.39, 0.29) is 11.2 Å². The first-order chi connectivity index (χ1) is 12.1. The predicted octanol–water partition coefficient (Wildman–Crippen LogP) is 2.65. The molecule has 2 heterocycles. The van der Waals surface area contributed by atoms with Gasteiger partial charge >= 0.3 is 0 Å². The van der Waals surface area contributed by atoms with Crippen molar-refractivity contribution >= 4 is 11.0 Å². The molecular weight excluding hydrogens is 314 g/mol. The lowest BCUT2D eigenvalue weighted by atomic mass is 10.0. The third-order valence-electron chi connectivity index (χ3n) is 5.11. The molecule has 0 aliphatic carbocycles. The van der Waals surface area contributed by atoms with Gasteiger partial charge in [0.25, 0.3) is 0 Å². The number of hydrogen-bond acceptors (Lipinski definition) is 3. The van der Waals surface area contributed by atoms with Crippen LogP contribution in [0.25, 0.3) is 22.1 Å². The quantitative estimate of drug-likeness (QED) is 0.773. The Labute approximate surface area is 146 Å². The highest BCUT2D eigenvalue weighted by molar-refractivity contribution is 5.86. The summed E-state index contributed by atoms with van der Waals surface area (Å²) in [6, 6.07) is 12.9. The van der Waals surface area contributed by atoms with Crippen molar-refractivity contribution in [3.8, 4) is 16.9 Å². The molecule has 0 amide bonds. The molecule has 0 unspecified atom stereocenters. The van der Waals surface area contributed by atoms with Crippen LogP contribution in [-0.2, 0) is 6.54 Å². The molecule has 0 atom stereocenters. The summed E-state index contributed by atoms with van der Waals surface area (Å²) in [6.07, 6.45) is 2.42. The van der Waals surface area contributed by atoms with Gasteiger partial charge in [0.1, 0.15) is 18.1 Å². The fraction of sp³-hybridized carbons (Fsp3) is 0.286. The summed E-state index contributed by atoms with van der Waals surface area (Å²) in [5, 5.41) is 10.9. The Balaban J connectivity index is 1.91. The van der Waals surface area contributed by atoms with Crippen molar-refractivity contribution in [2.24, 2.45) is 0 Å². The van der Waals surface area contributed by atoms with Gasteiger partial charge in [0.2, 0.25) is 5.43 Å². The zero-order chi connectivity index (χ0) is 17.4. The SMILES string of the molecule is Cc1oc2c(C[NH+]3CCCC3)c(O)ccc2c(=O)c1-c1ccccc1. The van der Waals surface area contributed by atoms with Crippen LogP contribution in [0.1, 0.15) is 24.2 Å². The summed E-state index contributed by atoms with van der Waals surface area (Å²) in [6.45, 7) is 4.71. The molecule has 2 aromatic carbocycles. The number of rotatable bonds is 3. The maximum Gasteiger partial charge on any atom is 0.200 e. The Bertz CT molecular complexity index is 970. The number of nitrogens with one attached hydrogen (secondary N) is 1. The normalized spacial score (nSPS) is 15.1. The molecule has 4 nitrogen and oxygen atoms in total. The van der Waals surface area contributed by atoms with Gasteiger partial charge in [-0.15, -0.1) is 0 Å². The van der Waals surface area contributed by atoms with Crippen molar-refractivity contribution in [1.82, 2.24) is 0 Å². The number of phenolic OH excluding ortho intramolecular Hbond substituents is 1. The Hall–Kier alpha value is -2.59. The molecule has 0 bridgehead atoms. The van der Waals surface area contributed by atoms with Gasteiger partial charge < -0.3 is 14.4 Å². The Morgan fingerprint density at radius 3 is 2.52 bits per heavy atom. The van der Waals surface area contributed by atoms with E-state index < -0.39 is 0 Å². The highest BCUT2D eigenvalue weighted by Gasteiger charge is 2.22. The van der Waals surface area contributed by atoms with Crippen molar-refractivity contribution < 1.29 is 14.4 Å². The molecule has 2 N–H and O–H groups in total. The largest absolute Gasteiger partial charge is 0.507 e. The van der Waals surface area contributed by atoms with E-state index in [9.17, 15) is 9.90 Å². The number of fused-ring (bicyclic) bond motifs is 1. The molecule has 3 aromatic rings. The van der Waals surface area contributed by atoms with Crippen molar-refractivity contribution in [2.75, 3.05) is 13.1 Å². The number of aromatic hydroxyl groups is 1. The van der Waals surface area contributed by atoms with E-state index in [2.05, 4.69) is 0 Å². The summed E-state index contributed by atoms with van der Waals surface area (Å²) in [7, 11) is 0. The number of aryl methyl sites for hydroxylation is 1. The zero-order valence-electron chi connectivity index (χ0n) is 14.3. The number of quaternary nitrogens is 1. The zero-order valence-corrected chi connectivity index (χ0v) is 14.3. The molecule has 1 aliphatic heterocycles. The minimum Gasteiger partial charge on any atom is -0.507 e. The van der Waals surface area contributed by atoms with Crippen LogP contribution in [-0.4, -0.2) is 18.2 Å². The molecular formula is C21H22NO3+. The van der Waals surface area contributed by atoms with Crippen LogP contribution in [0.5, 0.6) is 5.75 Å². The topological polar surface area (TPSA) is 54.9 Å². The van der Waals surface area contributed by atoms with E-state index in [4.69, 9.17) is 4.42 Å². The van der Waals surface area contributed by atoms with Gasteiger partial charge in [-0.05, 0) is 24.6 Å². The van der Waals surface area contributed by atoms with Gasteiger partial charge in [0.05, 0.1) is 29.6 Å². The van der Waals surface area contributed by atoms with Crippen LogP contribution >= 0.6 is 0 Å². The van der Waals surface area contributed by atoms with E-state index in [0.29, 0.717) is 28.8 Å². The van der Waals surface area contributed by atoms with Gasteiger partial charge in [-0.3, -0.25) is 4.79 Å². The van der Waals surface area contributed by atoms with Crippen LogP contribution in [0.2, 0.25) is 0 Å². The second kappa shape index (κ2) is 6.37. The molecule has 0 saturated carbocycles. The average molecular weight is 336 g/mol. The lowest BCUT2D eigenvalue weighted by Crippen LogP contribution is -3.08. The summed E-state index contributed by atoms with van der Waals surface area (Å²) in [5.41, 5.74) is 2.69. The highest BCUT2D eigenvalue weighted by atomic mass is 16.3. The summed E-state index contributed by atoms with van der Waals surface area (Å²) in [4.78, 5) is 14.5. The second-order valence-electron chi connectivity index (χ2n) is 6.80. The molecule has 0 spiro atoms. The van der Waals surface area contributed by atoms with Gasteiger partial charge in [0, 0.05) is 12.8 Å². The summed E-state index contributed by atoms with van der Waals surface area (Å²) in [5.74, 6) is 0.800. The summed E-state index contributed by atoms with van der Waals surface area (Å²) < 4.78 is 6.08. The lowest BCUT2D eigenvalue weighted by Gasteiger charge is -2.15. The molecule has 25 heavy (non-hydrogen) atoms. The van der Waals surface area contributed by atoms with E-state index in [1.807, 2.05) is 37.3 Å². The Morgan fingerprint density at radius 2 is 1.80 bits per heavy atom. The molecule has 1 aromatic heterocycles. The second-order valence-corrected chi connectivity index (χ2v) is 6.80. The van der Waals surface area contributed by atoms with Gasteiger partial charge in [-0.1, -0.05) is 30.3 Å². The first kappa shape index (κ1) is 15.9. The van der Waals surface area contributed by atoms with Gasteiger partial charge in [-0.25, -0.2) is 0 Å². The molecule has 4 rings (SSSR count). The number of likely N-dealkylation sites (tertiary alicyclic amines) is 1. The number of hydrogen-bond donors (Lipinski definition) is 2. The first-order valence-corrected chi connectivity index (χ1v) is 8.82. The van der Waals surface area contributed by atoms with E-state index in [1.165, 1.54) is 17.7 Å². The highest BCUT2D eigenvalue weighted by Crippen LogP contribution is 2.29. The summed E-state index contributed by atoms with van der Waals surface area (Å²) >= 11 is 0. The number of phenols is 1. The molecule has 0 radical (unpaired) electrons. The third-order valence-corrected chi connectivity index (χ3v) is 5.11. The standard InChI is InChI=1S/C21H21NO3/c1-14-19(15-7-3-2-4-8-15)20(24)16-9-10-18(23)17(21(16)25-14)13-22-11-5-6-12-22/h2-4,7-10,23H,5-6,11-13H2,1H3/p+1. The van der Waals surface area contributed by atoms with Crippen molar-refractivity contribution in [2.45, 2.75) is 26.3 Å². The lowest BCUT2D eigenvalue weighted by molar-refractivity contribution is -0.901. The smallest absolute Gasteiger partial charge is 0.200 e. The van der Waals surface area contributed by atoms with Crippen molar-refractivity contribution in [3.63, 3.8) is 0 Å². The molecule has 1 saturated heterocycles. The van der Waals surface area contributed by atoms with Crippen LogP contribution in [0.15, 0.2) is 51.7 Å². The van der Waals surface area contributed by atoms with Gasteiger partial charge in [0.15, 0.2) is 5.58 Å². The van der Waals surface area contributed by atoms with Crippen LogP contribution in [0, 0.1) is 6.92 Å². The fourth-order valence-electron chi connectivity index (χ4n) is 3.82. The van der Waals surface area contributed by atoms with Crippen molar-refractivity contribution in [3.05, 3.63) is 64.0 Å². The van der Waals surface area contributed by atoms with E-state index >= 15 is 0 Å². The van der Waals surface area contributed by atoms with Gasteiger partial charge in [-0.2, -0.15) is 0 Å². The fourth-order valence-corrected chi connectivity index (χ4v) is 3.82. The van der Waals surface area contributed by atoms with E-state index in [1.54, 1.807) is 12.1 Å². The maximum absolute atomic E-state index is 13.1. The van der Waals surface area contributed by atoms with Crippen LogP contribution in [0.4, 0.5) is 0 Å². The van der Waals surface area contributed by atoms with Crippen LogP contribution < -0.4 is 10.3 Å². The number of benzene rings is 2. The maximum atomic E-state index is 13.1. The minimum absolute atomic E-state index is 0.0392. The van der Waals surface area contributed by atoms with Crippen molar-refractivity contribution in [1.29, 1.82) is 0 Å². The monoisotopic (exact) mass is 336 g/mol.